The van der Waals surface area contributed by atoms with Gasteiger partial charge in [-0.2, -0.15) is 4.98 Å². The Hall–Kier alpha value is -4.40. The number of nitrogens with zero attached hydrogens (tertiary/aromatic N) is 4. The van der Waals surface area contributed by atoms with Crippen molar-refractivity contribution in [2.75, 3.05) is 37.2 Å². The van der Waals surface area contributed by atoms with Gasteiger partial charge in [0, 0.05) is 43.0 Å². The largest absolute Gasteiger partial charge is 0.495 e. The molecule has 0 aliphatic rings. The second-order valence-electron chi connectivity index (χ2n) is 8.08. The Labute approximate surface area is 237 Å². The number of hydrogen-bond donors (Lipinski definition) is 3. The second-order valence-corrected chi connectivity index (χ2v) is 8.82. The molecule has 0 amide bonds. The zero-order chi connectivity index (χ0) is 27.6. The maximum atomic E-state index is 6.16. The van der Waals surface area contributed by atoms with Crippen LogP contribution in [0, 0.1) is 0 Å². The van der Waals surface area contributed by atoms with Gasteiger partial charge in [0.25, 0.3) is 0 Å². The SMILES string of the molecule is CNc1cc(-c2ccccc2)nc(Cl)n1.CNc1cc(-c2ccccc2)nc(Nc2ccc(OC)c(Cl)c2)n1. The molecule has 2 aromatic heterocycles. The highest BCUT2D eigenvalue weighted by Crippen LogP contribution is 2.29. The third-order valence-electron chi connectivity index (χ3n) is 5.48. The summed E-state index contributed by atoms with van der Waals surface area (Å²) in [4.78, 5) is 17.2. The second kappa shape index (κ2) is 13.4. The number of ether oxygens (including phenoxy) is 1. The van der Waals surface area contributed by atoms with Gasteiger partial charge in [0.05, 0.1) is 23.5 Å². The number of methoxy groups -OCH3 is 1. The smallest absolute Gasteiger partial charge is 0.229 e. The fraction of sp³-hybridized carbons (Fsp3) is 0.103. The molecule has 2 heterocycles. The van der Waals surface area contributed by atoms with E-state index in [9.17, 15) is 0 Å². The van der Waals surface area contributed by atoms with Crippen molar-refractivity contribution in [3.63, 3.8) is 0 Å². The Balaban J connectivity index is 0.000000202. The third kappa shape index (κ3) is 7.56. The summed E-state index contributed by atoms with van der Waals surface area (Å²) in [6.07, 6.45) is 0. The van der Waals surface area contributed by atoms with Crippen LogP contribution in [-0.4, -0.2) is 41.1 Å². The highest BCUT2D eigenvalue weighted by molar-refractivity contribution is 6.32. The first kappa shape index (κ1) is 27.6. The summed E-state index contributed by atoms with van der Waals surface area (Å²) in [5, 5.41) is 9.95. The molecule has 0 bridgehead atoms. The summed E-state index contributed by atoms with van der Waals surface area (Å²) >= 11 is 12.0. The van der Waals surface area contributed by atoms with E-state index in [2.05, 4.69) is 35.9 Å². The molecule has 0 aliphatic carbocycles. The van der Waals surface area contributed by atoms with Gasteiger partial charge in [-0.3, -0.25) is 0 Å². The molecule has 0 radical (unpaired) electrons. The summed E-state index contributed by atoms with van der Waals surface area (Å²) in [5.74, 6) is 2.55. The standard InChI is InChI=1S/C18H17ClN4O.C11H10ClN3/c1-20-17-11-15(12-6-4-3-5-7-12)22-18(23-17)21-13-8-9-16(24-2)14(19)10-13;1-13-10-7-9(14-11(12)15-10)8-5-3-2-4-6-8/h3-11H,1-2H3,(H2,20,21,22,23);2-7H,1H3,(H,13,14,15). The van der Waals surface area contributed by atoms with Crippen LogP contribution in [0.3, 0.4) is 0 Å². The summed E-state index contributed by atoms with van der Waals surface area (Å²) < 4.78 is 5.16. The first-order valence-electron chi connectivity index (χ1n) is 12.0. The molecule has 0 saturated carbocycles. The number of nitrogens with one attached hydrogen (secondary N) is 3. The third-order valence-corrected chi connectivity index (χ3v) is 5.95. The molecule has 8 nitrogen and oxygen atoms in total. The van der Waals surface area contributed by atoms with E-state index in [1.165, 1.54) is 0 Å². The quantitative estimate of drug-likeness (QED) is 0.177. The minimum absolute atomic E-state index is 0.251. The lowest BCUT2D eigenvalue weighted by Gasteiger charge is -2.11. The van der Waals surface area contributed by atoms with Crippen molar-refractivity contribution in [1.29, 1.82) is 0 Å². The summed E-state index contributed by atoms with van der Waals surface area (Å²) in [5.41, 5.74) is 4.48. The number of anilines is 4. The van der Waals surface area contributed by atoms with Crippen molar-refractivity contribution in [2.24, 2.45) is 0 Å². The van der Waals surface area contributed by atoms with Gasteiger partial charge in [0.15, 0.2) is 0 Å². The molecular weight excluding hydrogens is 533 g/mol. The molecule has 0 saturated heterocycles. The van der Waals surface area contributed by atoms with Crippen molar-refractivity contribution in [3.8, 4) is 28.3 Å². The van der Waals surface area contributed by atoms with Crippen LogP contribution in [0.2, 0.25) is 10.3 Å². The van der Waals surface area contributed by atoms with E-state index < -0.39 is 0 Å². The topological polar surface area (TPSA) is 96.9 Å². The Bertz CT molecular complexity index is 1520. The van der Waals surface area contributed by atoms with Crippen LogP contribution in [0.15, 0.2) is 91.0 Å². The van der Waals surface area contributed by atoms with Gasteiger partial charge in [-0.1, -0.05) is 72.3 Å². The molecule has 0 aliphatic heterocycles. The van der Waals surface area contributed by atoms with E-state index in [1.807, 2.05) is 85.9 Å². The van der Waals surface area contributed by atoms with Gasteiger partial charge in [0.2, 0.25) is 11.2 Å². The molecule has 0 unspecified atom stereocenters. The molecular formula is C29H27Cl2N7O. The van der Waals surface area contributed by atoms with E-state index in [4.69, 9.17) is 27.9 Å². The number of halogens is 2. The number of hydrogen-bond acceptors (Lipinski definition) is 8. The Kier molecular flexibility index (Phi) is 9.50. The van der Waals surface area contributed by atoms with Crippen molar-refractivity contribution in [1.82, 2.24) is 19.9 Å². The lowest BCUT2D eigenvalue weighted by Crippen LogP contribution is -2.02. The lowest BCUT2D eigenvalue weighted by atomic mass is 10.1. The van der Waals surface area contributed by atoms with Crippen molar-refractivity contribution >= 4 is 46.5 Å². The molecule has 5 rings (SSSR count). The van der Waals surface area contributed by atoms with Crippen molar-refractivity contribution in [3.05, 3.63) is 101 Å². The average Bonchev–Trinajstić information content (AvgIpc) is 2.98. The van der Waals surface area contributed by atoms with Crippen molar-refractivity contribution < 1.29 is 4.74 Å². The zero-order valence-electron chi connectivity index (χ0n) is 21.6. The molecule has 39 heavy (non-hydrogen) atoms. The highest BCUT2D eigenvalue weighted by atomic mass is 35.5. The van der Waals surface area contributed by atoms with Gasteiger partial charge < -0.3 is 20.7 Å². The fourth-order valence-electron chi connectivity index (χ4n) is 3.56. The van der Waals surface area contributed by atoms with Gasteiger partial charge in [-0.25, -0.2) is 15.0 Å². The number of aromatic nitrogens is 4. The maximum absolute atomic E-state index is 6.16. The van der Waals surface area contributed by atoms with E-state index in [1.54, 1.807) is 26.3 Å². The van der Waals surface area contributed by atoms with Crippen LogP contribution in [0.4, 0.5) is 23.3 Å². The minimum Gasteiger partial charge on any atom is -0.495 e. The van der Waals surface area contributed by atoms with E-state index in [0.717, 1.165) is 34.0 Å². The van der Waals surface area contributed by atoms with Crippen molar-refractivity contribution in [2.45, 2.75) is 0 Å². The van der Waals surface area contributed by atoms with Gasteiger partial charge >= 0.3 is 0 Å². The maximum Gasteiger partial charge on any atom is 0.229 e. The first-order valence-corrected chi connectivity index (χ1v) is 12.7. The normalized spacial score (nSPS) is 10.2. The lowest BCUT2D eigenvalue weighted by molar-refractivity contribution is 0.415. The van der Waals surface area contributed by atoms with Crippen LogP contribution < -0.4 is 20.7 Å². The Morgan fingerprint density at radius 3 is 1.74 bits per heavy atom. The molecule has 0 atom stereocenters. The Morgan fingerprint density at radius 2 is 1.21 bits per heavy atom. The Morgan fingerprint density at radius 1 is 0.641 bits per heavy atom. The molecule has 198 valence electrons. The van der Waals surface area contributed by atoms with Crippen LogP contribution in [-0.2, 0) is 0 Å². The van der Waals surface area contributed by atoms with Crippen LogP contribution in [0.5, 0.6) is 5.75 Å². The van der Waals surface area contributed by atoms with Crippen LogP contribution in [0.1, 0.15) is 0 Å². The molecule has 3 N–H and O–H groups in total. The predicted octanol–water partition coefficient (Wildman–Crippen LogP) is 7.43. The summed E-state index contributed by atoms with van der Waals surface area (Å²) in [6, 6.07) is 29.0. The predicted molar refractivity (Wildman–Crippen MR) is 160 cm³/mol. The summed E-state index contributed by atoms with van der Waals surface area (Å²) in [7, 11) is 5.21. The monoisotopic (exact) mass is 559 g/mol. The van der Waals surface area contributed by atoms with E-state index >= 15 is 0 Å². The average molecular weight is 560 g/mol. The minimum atomic E-state index is 0.251. The zero-order valence-corrected chi connectivity index (χ0v) is 23.1. The molecule has 5 aromatic rings. The highest BCUT2D eigenvalue weighted by Gasteiger charge is 2.08. The van der Waals surface area contributed by atoms with Gasteiger partial charge in [-0.05, 0) is 29.8 Å². The molecule has 10 heteroatoms. The molecule has 0 fully saturated rings. The number of benzene rings is 3. The van der Waals surface area contributed by atoms with E-state index in [-0.39, 0.29) is 5.28 Å². The number of rotatable bonds is 7. The van der Waals surface area contributed by atoms with Gasteiger partial charge in [0.1, 0.15) is 17.4 Å². The van der Waals surface area contributed by atoms with Crippen LogP contribution >= 0.6 is 23.2 Å². The first-order chi connectivity index (χ1) is 19.0. The molecule has 0 spiro atoms. The van der Waals surface area contributed by atoms with Gasteiger partial charge in [-0.15, -0.1) is 0 Å². The van der Waals surface area contributed by atoms with E-state index in [0.29, 0.717) is 22.5 Å². The molecule has 3 aromatic carbocycles. The van der Waals surface area contributed by atoms with Crippen LogP contribution in [0.25, 0.3) is 22.5 Å². The summed E-state index contributed by atoms with van der Waals surface area (Å²) in [6.45, 7) is 0. The fourth-order valence-corrected chi connectivity index (χ4v) is 4.00.